The van der Waals surface area contributed by atoms with Crippen molar-refractivity contribution < 1.29 is 13.2 Å². The predicted octanol–water partition coefficient (Wildman–Crippen LogP) is 3.70. The molecule has 1 aromatic heterocycles. The highest BCUT2D eigenvalue weighted by Crippen LogP contribution is 2.29. The molecular weight excluding hydrogens is 293 g/mol. The highest BCUT2D eigenvalue weighted by atomic mass is 19.4. The SMILES string of the molecule is FC(F)(F)c1nc2c(CNNc3ccccc3)cccc2[nH]1. The Labute approximate surface area is 124 Å². The maximum absolute atomic E-state index is 12.7. The predicted molar refractivity (Wildman–Crippen MR) is 78.0 cm³/mol. The van der Waals surface area contributed by atoms with Gasteiger partial charge in [0, 0.05) is 12.2 Å². The van der Waals surface area contributed by atoms with Crippen molar-refractivity contribution in [2.75, 3.05) is 5.43 Å². The van der Waals surface area contributed by atoms with Crippen LogP contribution in [-0.2, 0) is 12.7 Å². The number of fused-ring (bicyclic) bond motifs is 1. The number of hydrogen-bond donors (Lipinski definition) is 3. The minimum atomic E-state index is -4.48. The third-order valence-corrected chi connectivity index (χ3v) is 3.15. The molecule has 7 heteroatoms. The second-order valence-corrected chi connectivity index (χ2v) is 4.74. The van der Waals surface area contributed by atoms with Gasteiger partial charge in [0.2, 0.25) is 5.82 Å². The molecule has 4 nitrogen and oxygen atoms in total. The van der Waals surface area contributed by atoms with E-state index in [0.29, 0.717) is 23.1 Å². The van der Waals surface area contributed by atoms with Crippen molar-refractivity contribution in [3.05, 3.63) is 59.9 Å². The van der Waals surface area contributed by atoms with Crippen molar-refractivity contribution >= 4 is 16.7 Å². The number of H-pyrrole nitrogens is 1. The molecule has 0 fully saturated rings. The fourth-order valence-electron chi connectivity index (χ4n) is 2.13. The van der Waals surface area contributed by atoms with Gasteiger partial charge in [-0.25, -0.2) is 10.4 Å². The van der Waals surface area contributed by atoms with Gasteiger partial charge < -0.3 is 10.4 Å². The van der Waals surface area contributed by atoms with E-state index in [4.69, 9.17) is 0 Å². The Hall–Kier alpha value is -2.54. The second-order valence-electron chi connectivity index (χ2n) is 4.74. The van der Waals surface area contributed by atoms with E-state index in [9.17, 15) is 13.2 Å². The Morgan fingerprint density at radius 2 is 1.77 bits per heavy atom. The van der Waals surface area contributed by atoms with Crippen LogP contribution in [-0.4, -0.2) is 9.97 Å². The number of hydrazine groups is 1. The van der Waals surface area contributed by atoms with Gasteiger partial charge in [-0.15, -0.1) is 0 Å². The molecule has 0 aliphatic heterocycles. The first-order chi connectivity index (χ1) is 10.5. The maximum Gasteiger partial charge on any atom is 0.449 e. The minimum absolute atomic E-state index is 0.317. The second kappa shape index (κ2) is 5.69. The molecule has 2 aromatic carbocycles. The molecule has 0 atom stereocenters. The number of nitrogens with zero attached hydrogens (tertiary/aromatic N) is 1. The lowest BCUT2D eigenvalue weighted by Gasteiger charge is -2.08. The Morgan fingerprint density at radius 1 is 1.00 bits per heavy atom. The highest BCUT2D eigenvalue weighted by molar-refractivity contribution is 5.78. The number of imidazole rings is 1. The Balaban J connectivity index is 1.77. The molecule has 0 saturated heterocycles. The number of alkyl halides is 3. The van der Waals surface area contributed by atoms with Gasteiger partial charge in [0.05, 0.1) is 11.0 Å². The molecule has 114 valence electrons. The fourth-order valence-corrected chi connectivity index (χ4v) is 2.13. The van der Waals surface area contributed by atoms with Crippen molar-refractivity contribution in [2.45, 2.75) is 12.7 Å². The summed E-state index contributed by atoms with van der Waals surface area (Å²) in [4.78, 5) is 5.96. The van der Waals surface area contributed by atoms with Crippen molar-refractivity contribution in [1.82, 2.24) is 15.4 Å². The number of nitrogens with one attached hydrogen (secondary N) is 3. The molecule has 0 radical (unpaired) electrons. The van der Waals surface area contributed by atoms with E-state index in [1.54, 1.807) is 18.2 Å². The van der Waals surface area contributed by atoms with Crippen molar-refractivity contribution in [1.29, 1.82) is 0 Å². The number of rotatable bonds is 4. The summed E-state index contributed by atoms with van der Waals surface area (Å²) in [5.74, 6) is -0.981. The molecular formula is C15H13F3N4. The molecule has 0 aliphatic carbocycles. The van der Waals surface area contributed by atoms with Crippen molar-refractivity contribution in [2.24, 2.45) is 0 Å². The van der Waals surface area contributed by atoms with E-state index < -0.39 is 12.0 Å². The molecule has 3 rings (SSSR count). The third-order valence-electron chi connectivity index (χ3n) is 3.15. The Morgan fingerprint density at radius 3 is 2.50 bits per heavy atom. The van der Waals surface area contributed by atoms with Gasteiger partial charge in [0.15, 0.2) is 0 Å². The van der Waals surface area contributed by atoms with Gasteiger partial charge in [0.1, 0.15) is 0 Å². The lowest BCUT2D eigenvalue weighted by atomic mass is 10.2. The fraction of sp³-hybridized carbons (Fsp3) is 0.133. The molecule has 22 heavy (non-hydrogen) atoms. The van der Waals surface area contributed by atoms with Crippen molar-refractivity contribution in [3.8, 4) is 0 Å². The average molecular weight is 306 g/mol. The molecule has 0 amide bonds. The molecule has 0 saturated carbocycles. The Bertz CT molecular complexity index is 765. The van der Waals surface area contributed by atoms with Crippen LogP contribution in [0.25, 0.3) is 11.0 Å². The standard InChI is InChI=1S/C15H13F3N4/c16-15(17,18)14-20-12-8-4-5-10(13(12)21-14)9-19-22-11-6-2-1-3-7-11/h1-8,19,22H,9H2,(H,20,21). The molecule has 0 aliphatic rings. The third kappa shape index (κ3) is 3.04. The van der Waals surface area contributed by atoms with Gasteiger partial charge in [-0.2, -0.15) is 13.2 Å². The first-order valence-corrected chi connectivity index (χ1v) is 6.63. The van der Waals surface area contributed by atoms with Crippen LogP contribution in [0.15, 0.2) is 48.5 Å². The summed E-state index contributed by atoms with van der Waals surface area (Å²) in [6.45, 7) is 0.342. The Kier molecular flexibility index (Phi) is 3.72. The van der Waals surface area contributed by atoms with Gasteiger partial charge in [-0.05, 0) is 23.8 Å². The molecule has 3 N–H and O–H groups in total. The zero-order valence-corrected chi connectivity index (χ0v) is 11.4. The summed E-state index contributed by atoms with van der Waals surface area (Å²) in [6, 6.07) is 14.4. The normalized spacial score (nSPS) is 11.8. The van der Waals surface area contributed by atoms with Crippen molar-refractivity contribution in [3.63, 3.8) is 0 Å². The van der Waals surface area contributed by atoms with Gasteiger partial charge in [-0.1, -0.05) is 30.3 Å². The summed E-state index contributed by atoms with van der Waals surface area (Å²) in [5, 5.41) is 0. The maximum atomic E-state index is 12.7. The summed E-state index contributed by atoms with van der Waals surface area (Å²) in [5.41, 5.74) is 8.18. The van der Waals surface area contributed by atoms with E-state index in [1.165, 1.54) is 0 Å². The lowest BCUT2D eigenvalue weighted by Crippen LogP contribution is -2.20. The van der Waals surface area contributed by atoms with E-state index in [-0.39, 0.29) is 0 Å². The van der Waals surface area contributed by atoms with Crippen LogP contribution in [0, 0.1) is 0 Å². The zero-order chi connectivity index (χ0) is 15.6. The van der Waals surface area contributed by atoms with Gasteiger partial charge in [-0.3, -0.25) is 0 Å². The smallest absolute Gasteiger partial charge is 0.334 e. The number of hydrogen-bond acceptors (Lipinski definition) is 3. The molecule has 0 unspecified atom stereocenters. The van der Waals surface area contributed by atoms with Crippen LogP contribution >= 0.6 is 0 Å². The number of aromatic nitrogens is 2. The van der Waals surface area contributed by atoms with Crippen LogP contribution in [0.3, 0.4) is 0 Å². The molecule has 1 heterocycles. The lowest BCUT2D eigenvalue weighted by molar-refractivity contribution is -0.144. The van der Waals surface area contributed by atoms with Gasteiger partial charge >= 0.3 is 6.18 Å². The first kappa shape index (κ1) is 14.4. The largest absolute Gasteiger partial charge is 0.449 e. The minimum Gasteiger partial charge on any atom is -0.334 e. The number of halogens is 3. The van der Waals surface area contributed by atoms with E-state index >= 15 is 0 Å². The summed E-state index contributed by atoms with van der Waals surface area (Å²) in [6.07, 6.45) is -4.48. The number of para-hydroxylation sites is 2. The molecule has 0 spiro atoms. The highest BCUT2D eigenvalue weighted by Gasteiger charge is 2.34. The van der Waals surface area contributed by atoms with Gasteiger partial charge in [0.25, 0.3) is 0 Å². The monoisotopic (exact) mass is 306 g/mol. The summed E-state index contributed by atoms with van der Waals surface area (Å²) >= 11 is 0. The van der Waals surface area contributed by atoms with Crippen LogP contribution in [0.4, 0.5) is 18.9 Å². The quantitative estimate of drug-likeness (QED) is 0.644. The van der Waals surface area contributed by atoms with Crippen LogP contribution in [0.2, 0.25) is 0 Å². The molecule has 0 bridgehead atoms. The number of aromatic amines is 1. The number of benzene rings is 2. The molecule has 3 aromatic rings. The van der Waals surface area contributed by atoms with Crippen LogP contribution in [0.5, 0.6) is 0 Å². The van der Waals surface area contributed by atoms with Crippen LogP contribution < -0.4 is 10.9 Å². The summed E-state index contributed by atoms with van der Waals surface area (Å²) < 4.78 is 38.1. The number of anilines is 1. The first-order valence-electron chi connectivity index (χ1n) is 6.63. The summed E-state index contributed by atoms with van der Waals surface area (Å²) in [7, 11) is 0. The van der Waals surface area contributed by atoms with Crippen LogP contribution in [0.1, 0.15) is 11.4 Å². The average Bonchev–Trinajstić information content (AvgIpc) is 2.93. The van der Waals surface area contributed by atoms with E-state index in [1.807, 2.05) is 30.3 Å². The zero-order valence-electron chi connectivity index (χ0n) is 11.4. The van der Waals surface area contributed by atoms with E-state index in [0.717, 1.165) is 5.69 Å². The topological polar surface area (TPSA) is 52.7 Å². The van der Waals surface area contributed by atoms with E-state index in [2.05, 4.69) is 20.8 Å².